The molecule has 0 fully saturated rings. The van der Waals surface area contributed by atoms with Crippen LogP contribution in [0.5, 0.6) is 0 Å². The van der Waals surface area contributed by atoms with Crippen molar-refractivity contribution in [2.24, 2.45) is 0 Å². The van der Waals surface area contributed by atoms with Crippen molar-refractivity contribution in [3.05, 3.63) is 22.1 Å². The van der Waals surface area contributed by atoms with Crippen molar-refractivity contribution in [1.82, 2.24) is 9.97 Å². The highest BCUT2D eigenvalue weighted by Gasteiger charge is 1.87. The quantitative estimate of drug-likeness (QED) is 0.723. The van der Waals surface area contributed by atoms with Gasteiger partial charge >= 0.3 is 0 Å². The van der Waals surface area contributed by atoms with E-state index in [1.807, 2.05) is 24.6 Å². The van der Waals surface area contributed by atoms with Gasteiger partial charge in [-0.3, -0.25) is 0 Å². The van der Waals surface area contributed by atoms with Gasteiger partial charge in [-0.1, -0.05) is 0 Å². The molecule has 0 amide bonds. The molecular weight excluding hydrogens is 216 g/mol. The molecule has 0 bridgehead atoms. The number of hydrogen-bond donors (Lipinski definition) is 2. The van der Waals surface area contributed by atoms with E-state index in [2.05, 4.69) is 9.97 Å². The topological polar surface area (TPSA) is 77.8 Å². The predicted octanol–water partition coefficient (Wildman–Crippen LogP) is 2.07. The third kappa shape index (κ3) is 3.71. The zero-order valence-corrected chi connectivity index (χ0v) is 9.65. The molecule has 0 atom stereocenters. The summed E-state index contributed by atoms with van der Waals surface area (Å²) in [5.74, 6) is 0. The normalized spacial score (nSPS) is 9.29. The molecule has 2 aromatic rings. The van der Waals surface area contributed by atoms with E-state index in [0.29, 0.717) is 10.3 Å². The number of nitrogen functional groups attached to an aromatic ring is 2. The number of aryl methyl sites for hydroxylation is 2. The number of hydrogen-bond acceptors (Lipinski definition) is 6. The smallest absolute Gasteiger partial charge is 0.180 e. The Hall–Kier alpha value is -1.14. The summed E-state index contributed by atoms with van der Waals surface area (Å²) in [6.07, 6.45) is 0. The minimum absolute atomic E-state index is 0.650. The Balaban J connectivity index is 0.000000140. The second-order valence-electron chi connectivity index (χ2n) is 2.65. The Morgan fingerprint density at radius 2 is 1.29 bits per heavy atom. The molecule has 0 radical (unpaired) electrons. The summed E-state index contributed by atoms with van der Waals surface area (Å²) in [4.78, 5) is 7.81. The first-order valence-electron chi connectivity index (χ1n) is 3.93. The predicted molar refractivity (Wildman–Crippen MR) is 62.5 cm³/mol. The van der Waals surface area contributed by atoms with Crippen LogP contribution in [0, 0.1) is 13.8 Å². The lowest BCUT2D eigenvalue weighted by atomic mass is 10.6. The van der Waals surface area contributed by atoms with Gasteiger partial charge in [0.25, 0.3) is 0 Å². The van der Waals surface area contributed by atoms with Crippen molar-refractivity contribution in [2.75, 3.05) is 11.5 Å². The zero-order valence-electron chi connectivity index (χ0n) is 8.02. The van der Waals surface area contributed by atoms with Gasteiger partial charge in [-0.05, 0) is 13.8 Å². The summed E-state index contributed by atoms with van der Waals surface area (Å²) >= 11 is 2.94. The van der Waals surface area contributed by atoms with Gasteiger partial charge in [0, 0.05) is 10.8 Å². The summed E-state index contributed by atoms with van der Waals surface area (Å²) in [5.41, 5.74) is 12.6. The Kier molecular flexibility index (Phi) is 3.84. The summed E-state index contributed by atoms with van der Waals surface area (Å²) in [5, 5.41) is 5.15. The fourth-order valence-corrected chi connectivity index (χ4v) is 1.83. The first kappa shape index (κ1) is 10.9. The van der Waals surface area contributed by atoms with E-state index in [-0.39, 0.29) is 0 Å². The third-order valence-electron chi connectivity index (χ3n) is 1.27. The number of thiazole rings is 2. The van der Waals surface area contributed by atoms with Crippen LogP contribution in [0.15, 0.2) is 10.8 Å². The zero-order chi connectivity index (χ0) is 10.6. The van der Waals surface area contributed by atoms with Gasteiger partial charge in [0.15, 0.2) is 10.3 Å². The Morgan fingerprint density at radius 3 is 1.36 bits per heavy atom. The molecule has 2 heterocycles. The van der Waals surface area contributed by atoms with E-state index >= 15 is 0 Å². The summed E-state index contributed by atoms with van der Waals surface area (Å²) in [7, 11) is 0. The highest BCUT2D eigenvalue weighted by molar-refractivity contribution is 7.13. The van der Waals surface area contributed by atoms with E-state index in [1.165, 1.54) is 22.7 Å². The molecule has 2 aromatic heterocycles. The number of rotatable bonds is 0. The number of nitrogens with zero attached hydrogens (tertiary/aromatic N) is 2. The van der Waals surface area contributed by atoms with Crippen LogP contribution >= 0.6 is 22.7 Å². The van der Waals surface area contributed by atoms with Crippen molar-refractivity contribution < 1.29 is 0 Å². The Bertz CT molecular complexity index is 322. The van der Waals surface area contributed by atoms with E-state index in [0.717, 1.165) is 11.4 Å². The van der Waals surface area contributed by atoms with Crippen molar-refractivity contribution in [3.63, 3.8) is 0 Å². The van der Waals surface area contributed by atoms with Gasteiger partial charge in [-0.25, -0.2) is 9.97 Å². The Labute approximate surface area is 90.6 Å². The molecule has 4 nitrogen and oxygen atoms in total. The summed E-state index contributed by atoms with van der Waals surface area (Å²) < 4.78 is 0. The van der Waals surface area contributed by atoms with Crippen LogP contribution in [0.25, 0.3) is 0 Å². The second-order valence-corrected chi connectivity index (χ2v) is 4.43. The van der Waals surface area contributed by atoms with Gasteiger partial charge in [0.1, 0.15) is 0 Å². The minimum Gasteiger partial charge on any atom is -0.375 e. The monoisotopic (exact) mass is 228 g/mol. The van der Waals surface area contributed by atoms with Crippen LogP contribution in [0.4, 0.5) is 10.3 Å². The van der Waals surface area contributed by atoms with Crippen molar-refractivity contribution >= 4 is 32.9 Å². The lowest BCUT2D eigenvalue weighted by molar-refractivity contribution is 1.27. The molecule has 4 N–H and O–H groups in total. The highest BCUT2D eigenvalue weighted by Crippen LogP contribution is 2.08. The standard InChI is InChI=1S/2C4H6N2S/c2*1-3-2-7-4(5)6-3/h2*2H,1H3,(H2,5,6). The van der Waals surface area contributed by atoms with E-state index in [9.17, 15) is 0 Å². The average Bonchev–Trinajstić information content (AvgIpc) is 2.63. The molecule has 6 heteroatoms. The molecule has 0 spiro atoms. The Morgan fingerprint density at radius 1 is 0.929 bits per heavy atom. The molecule has 0 unspecified atom stereocenters. The summed E-state index contributed by atoms with van der Waals surface area (Å²) in [6, 6.07) is 0. The number of nitrogens with two attached hydrogens (primary N) is 2. The van der Waals surface area contributed by atoms with Crippen LogP contribution in [0.3, 0.4) is 0 Å². The molecule has 0 saturated carbocycles. The van der Waals surface area contributed by atoms with Crippen molar-refractivity contribution in [1.29, 1.82) is 0 Å². The fourth-order valence-electron chi connectivity index (χ4n) is 0.744. The third-order valence-corrected chi connectivity index (χ3v) is 2.86. The van der Waals surface area contributed by atoms with E-state index in [4.69, 9.17) is 11.5 Å². The molecule has 0 aliphatic heterocycles. The molecule has 76 valence electrons. The lowest BCUT2D eigenvalue weighted by Crippen LogP contribution is -1.80. The SMILES string of the molecule is Cc1csc(N)n1.Cc1csc(N)n1. The number of aromatic nitrogens is 2. The van der Waals surface area contributed by atoms with Crippen LogP contribution in [-0.4, -0.2) is 9.97 Å². The van der Waals surface area contributed by atoms with E-state index < -0.39 is 0 Å². The molecule has 2 rings (SSSR count). The molecule has 0 saturated heterocycles. The largest absolute Gasteiger partial charge is 0.375 e. The van der Waals surface area contributed by atoms with E-state index in [1.54, 1.807) is 0 Å². The minimum atomic E-state index is 0.650. The lowest BCUT2D eigenvalue weighted by Gasteiger charge is -1.72. The van der Waals surface area contributed by atoms with Crippen LogP contribution in [0.2, 0.25) is 0 Å². The van der Waals surface area contributed by atoms with Gasteiger partial charge < -0.3 is 11.5 Å². The maximum atomic E-state index is 5.29. The maximum Gasteiger partial charge on any atom is 0.180 e. The molecule has 0 aromatic carbocycles. The van der Waals surface area contributed by atoms with Crippen molar-refractivity contribution in [3.8, 4) is 0 Å². The molecule has 14 heavy (non-hydrogen) atoms. The van der Waals surface area contributed by atoms with Gasteiger partial charge in [0.05, 0.1) is 11.4 Å². The van der Waals surface area contributed by atoms with Crippen LogP contribution in [0.1, 0.15) is 11.4 Å². The molecule has 0 aliphatic rings. The average molecular weight is 228 g/mol. The van der Waals surface area contributed by atoms with Crippen LogP contribution in [-0.2, 0) is 0 Å². The summed E-state index contributed by atoms with van der Waals surface area (Å²) in [6.45, 7) is 3.85. The maximum absolute atomic E-state index is 5.29. The highest BCUT2D eigenvalue weighted by atomic mass is 32.1. The second kappa shape index (κ2) is 4.92. The molecule has 0 aliphatic carbocycles. The van der Waals surface area contributed by atoms with Gasteiger partial charge in [0.2, 0.25) is 0 Å². The van der Waals surface area contributed by atoms with Crippen LogP contribution < -0.4 is 11.5 Å². The fraction of sp³-hybridized carbons (Fsp3) is 0.250. The van der Waals surface area contributed by atoms with Gasteiger partial charge in [-0.2, -0.15) is 0 Å². The first-order valence-corrected chi connectivity index (χ1v) is 5.69. The molecular formula is C8H12N4S2. The van der Waals surface area contributed by atoms with Crippen molar-refractivity contribution in [2.45, 2.75) is 13.8 Å². The van der Waals surface area contributed by atoms with Gasteiger partial charge in [-0.15, -0.1) is 22.7 Å². The number of anilines is 2. The first-order chi connectivity index (χ1) is 6.58.